The molecule has 0 radical (unpaired) electrons. The number of ether oxygens (including phenoxy) is 1. The third kappa shape index (κ3) is 5.10. The number of methoxy groups -OCH3 is 1. The maximum Gasteiger partial charge on any atom is 0.279 e. The van der Waals surface area contributed by atoms with E-state index in [1.165, 1.54) is 0 Å². The van der Waals surface area contributed by atoms with E-state index in [1.54, 1.807) is 31.4 Å². The van der Waals surface area contributed by atoms with Crippen molar-refractivity contribution in [1.82, 2.24) is 0 Å². The van der Waals surface area contributed by atoms with Gasteiger partial charge in [-0.15, -0.1) is 0 Å². The van der Waals surface area contributed by atoms with Gasteiger partial charge in [-0.2, -0.15) is 0 Å². The van der Waals surface area contributed by atoms with Crippen LogP contribution < -0.4 is 20.7 Å². The highest BCUT2D eigenvalue weighted by molar-refractivity contribution is 5.95. The second-order valence-corrected chi connectivity index (χ2v) is 5.65. The lowest BCUT2D eigenvalue weighted by atomic mass is 10.2. The minimum Gasteiger partial charge on any atom is -0.497 e. The summed E-state index contributed by atoms with van der Waals surface area (Å²) in [7, 11) is 3.59. The predicted octanol–water partition coefficient (Wildman–Crippen LogP) is 0.448. The van der Waals surface area contributed by atoms with E-state index in [1.807, 2.05) is 31.3 Å². The Morgan fingerprint density at radius 2 is 1.88 bits per heavy atom. The normalized spacial score (nSPS) is 11.6. The van der Waals surface area contributed by atoms with E-state index < -0.39 is 5.91 Å². The number of hydrogen-bond donors (Lipinski definition) is 3. The van der Waals surface area contributed by atoms with E-state index in [-0.39, 0.29) is 5.91 Å². The number of quaternary nitrogens is 1. The number of anilines is 1. The summed E-state index contributed by atoms with van der Waals surface area (Å²) >= 11 is 0. The van der Waals surface area contributed by atoms with Gasteiger partial charge in [-0.3, -0.25) is 9.59 Å². The fourth-order valence-corrected chi connectivity index (χ4v) is 2.39. The molecule has 0 aliphatic carbocycles. The molecule has 0 heterocycles. The quantitative estimate of drug-likeness (QED) is 0.690. The fourth-order valence-electron chi connectivity index (χ4n) is 2.39. The number of nitrogens with one attached hydrogen (secondary N) is 2. The molecule has 2 aromatic rings. The maximum atomic E-state index is 12.1. The van der Waals surface area contributed by atoms with E-state index in [0.717, 1.165) is 16.2 Å². The Labute approximate surface area is 141 Å². The van der Waals surface area contributed by atoms with E-state index in [0.29, 0.717) is 24.3 Å². The summed E-state index contributed by atoms with van der Waals surface area (Å²) < 4.78 is 5.20. The molecular formula is C18H22N3O3+. The number of primary amides is 1. The average molecular weight is 328 g/mol. The van der Waals surface area contributed by atoms with Gasteiger partial charge < -0.3 is 20.7 Å². The average Bonchev–Trinajstić information content (AvgIpc) is 2.55. The van der Waals surface area contributed by atoms with Crippen LogP contribution in [0.25, 0.3) is 0 Å². The number of amides is 2. The number of rotatable bonds is 7. The Bertz CT molecular complexity index is 714. The molecule has 6 nitrogen and oxygen atoms in total. The van der Waals surface area contributed by atoms with Crippen molar-refractivity contribution in [2.45, 2.75) is 6.54 Å². The first-order valence-corrected chi connectivity index (χ1v) is 7.62. The van der Waals surface area contributed by atoms with Crippen LogP contribution in [0.15, 0.2) is 48.5 Å². The van der Waals surface area contributed by atoms with Gasteiger partial charge in [0.1, 0.15) is 12.3 Å². The summed E-state index contributed by atoms with van der Waals surface area (Å²) in [5.74, 6) is 0.219. The van der Waals surface area contributed by atoms with Crippen molar-refractivity contribution in [3.05, 3.63) is 59.7 Å². The molecule has 0 saturated heterocycles. The van der Waals surface area contributed by atoms with Crippen LogP contribution in [-0.2, 0) is 11.3 Å². The van der Waals surface area contributed by atoms with Crippen LogP contribution in [-0.4, -0.2) is 32.5 Å². The zero-order valence-corrected chi connectivity index (χ0v) is 13.8. The van der Waals surface area contributed by atoms with Crippen molar-refractivity contribution in [2.75, 3.05) is 26.0 Å². The van der Waals surface area contributed by atoms with Crippen molar-refractivity contribution in [3.8, 4) is 5.75 Å². The number of likely N-dealkylation sites (N-methyl/N-ethyl adjacent to an activating group) is 1. The number of benzene rings is 2. The Balaban J connectivity index is 1.87. The van der Waals surface area contributed by atoms with Crippen LogP contribution >= 0.6 is 0 Å². The molecule has 24 heavy (non-hydrogen) atoms. The molecule has 0 aliphatic heterocycles. The molecule has 0 spiro atoms. The predicted molar refractivity (Wildman–Crippen MR) is 92.0 cm³/mol. The summed E-state index contributed by atoms with van der Waals surface area (Å²) in [6.45, 7) is 1.04. The van der Waals surface area contributed by atoms with Crippen molar-refractivity contribution in [2.24, 2.45) is 5.73 Å². The van der Waals surface area contributed by atoms with Crippen molar-refractivity contribution >= 4 is 17.5 Å². The van der Waals surface area contributed by atoms with Gasteiger partial charge >= 0.3 is 0 Å². The highest BCUT2D eigenvalue weighted by Gasteiger charge is 2.11. The van der Waals surface area contributed by atoms with Gasteiger partial charge in [0.2, 0.25) is 5.91 Å². The zero-order valence-electron chi connectivity index (χ0n) is 13.8. The number of carbonyl (C=O) groups is 2. The number of carbonyl (C=O) groups excluding carboxylic acids is 2. The van der Waals surface area contributed by atoms with E-state index >= 15 is 0 Å². The van der Waals surface area contributed by atoms with Crippen LogP contribution in [0.3, 0.4) is 0 Å². The van der Waals surface area contributed by atoms with Crippen LogP contribution in [0, 0.1) is 0 Å². The molecule has 4 N–H and O–H groups in total. The number of hydrogen-bond acceptors (Lipinski definition) is 3. The van der Waals surface area contributed by atoms with Gasteiger partial charge in [0, 0.05) is 16.8 Å². The highest BCUT2D eigenvalue weighted by Crippen LogP contribution is 2.11. The molecule has 0 saturated carbocycles. The molecule has 0 fully saturated rings. The molecule has 1 unspecified atom stereocenters. The molecule has 2 aromatic carbocycles. The van der Waals surface area contributed by atoms with Gasteiger partial charge in [0.05, 0.1) is 14.2 Å². The molecule has 2 amide bonds. The van der Waals surface area contributed by atoms with Crippen LogP contribution in [0.5, 0.6) is 5.75 Å². The van der Waals surface area contributed by atoms with Gasteiger partial charge in [-0.05, 0) is 36.4 Å². The first-order chi connectivity index (χ1) is 11.5. The van der Waals surface area contributed by atoms with Crippen molar-refractivity contribution in [3.63, 3.8) is 0 Å². The van der Waals surface area contributed by atoms with Gasteiger partial charge in [-0.25, -0.2) is 0 Å². The van der Waals surface area contributed by atoms with E-state index in [2.05, 4.69) is 5.32 Å². The Kier molecular flexibility index (Phi) is 5.92. The van der Waals surface area contributed by atoms with Crippen LogP contribution in [0.4, 0.5) is 5.69 Å². The summed E-state index contributed by atoms with van der Waals surface area (Å²) in [5.41, 5.74) is 7.34. The Morgan fingerprint density at radius 3 is 2.50 bits per heavy atom. The topological polar surface area (TPSA) is 85.9 Å². The van der Waals surface area contributed by atoms with E-state index in [4.69, 9.17) is 10.5 Å². The van der Waals surface area contributed by atoms with E-state index in [9.17, 15) is 9.59 Å². The highest BCUT2D eigenvalue weighted by atomic mass is 16.5. The fraction of sp³-hybridized carbons (Fsp3) is 0.222. The largest absolute Gasteiger partial charge is 0.497 e. The lowest BCUT2D eigenvalue weighted by molar-refractivity contribution is -0.885. The zero-order chi connectivity index (χ0) is 17.5. The first kappa shape index (κ1) is 17.5. The molecule has 1 atom stereocenters. The Hall–Kier alpha value is -2.86. The third-order valence-electron chi connectivity index (χ3n) is 3.56. The maximum absolute atomic E-state index is 12.1. The minimum atomic E-state index is -0.490. The van der Waals surface area contributed by atoms with Gasteiger partial charge in [-0.1, -0.05) is 12.1 Å². The standard InChI is InChI=1S/C18H21N3O3/c1-21(11-13-4-3-5-16(10-13)24-2)12-17(22)20-15-8-6-14(7-9-15)18(19)23/h3-10H,11-12H2,1-2H3,(H2,19,23)(H,20,22)/p+1. The van der Waals surface area contributed by atoms with Gasteiger partial charge in [0.25, 0.3) is 5.91 Å². The molecule has 0 aromatic heterocycles. The summed E-state index contributed by atoms with van der Waals surface area (Å²) in [5, 5.41) is 2.81. The molecule has 126 valence electrons. The van der Waals surface area contributed by atoms with Crippen molar-refractivity contribution in [1.29, 1.82) is 0 Å². The van der Waals surface area contributed by atoms with Crippen LogP contribution in [0.2, 0.25) is 0 Å². The molecule has 2 rings (SSSR count). The molecule has 0 aliphatic rings. The Morgan fingerprint density at radius 1 is 1.17 bits per heavy atom. The lowest BCUT2D eigenvalue weighted by Gasteiger charge is -2.14. The first-order valence-electron chi connectivity index (χ1n) is 7.62. The lowest BCUT2D eigenvalue weighted by Crippen LogP contribution is -3.08. The van der Waals surface area contributed by atoms with Gasteiger partial charge in [0.15, 0.2) is 6.54 Å². The van der Waals surface area contributed by atoms with Crippen molar-refractivity contribution < 1.29 is 19.2 Å². The molecule has 6 heteroatoms. The SMILES string of the molecule is COc1cccc(C[NH+](C)CC(=O)Nc2ccc(C(N)=O)cc2)c1. The minimum absolute atomic E-state index is 0.0952. The summed E-state index contributed by atoms with van der Waals surface area (Å²) in [6.07, 6.45) is 0. The smallest absolute Gasteiger partial charge is 0.279 e. The second kappa shape index (κ2) is 8.12. The number of nitrogens with two attached hydrogens (primary N) is 1. The monoisotopic (exact) mass is 328 g/mol. The third-order valence-corrected chi connectivity index (χ3v) is 3.56. The van der Waals surface area contributed by atoms with Crippen LogP contribution in [0.1, 0.15) is 15.9 Å². The summed E-state index contributed by atoms with van der Waals surface area (Å²) in [4.78, 5) is 24.2. The summed E-state index contributed by atoms with van der Waals surface area (Å²) in [6, 6.07) is 14.3. The second-order valence-electron chi connectivity index (χ2n) is 5.65. The molecular weight excluding hydrogens is 306 g/mol. The molecule has 0 bridgehead atoms.